The van der Waals surface area contributed by atoms with Crippen LogP contribution in [-0.4, -0.2) is 51.1 Å². The van der Waals surface area contributed by atoms with Gasteiger partial charge in [-0.05, 0) is 24.3 Å². The van der Waals surface area contributed by atoms with Gasteiger partial charge in [0, 0.05) is 17.3 Å². The van der Waals surface area contributed by atoms with Crippen molar-refractivity contribution in [2.75, 3.05) is 11.5 Å². The molecular weight excluding hydrogens is 390 g/mol. The van der Waals surface area contributed by atoms with Gasteiger partial charge >= 0.3 is 0 Å². The monoisotopic (exact) mass is 413 g/mol. The van der Waals surface area contributed by atoms with Crippen LogP contribution in [0.25, 0.3) is 0 Å². The summed E-state index contributed by atoms with van der Waals surface area (Å²) in [7, 11) is -3.16. The summed E-state index contributed by atoms with van der Waals surface area (Å²) < 4.78 is 25.9. The Hall–Kier alpha value is -0.900. The maximum Gasteiger partial charge on any atom is 0.191 e. The molecule has 2 aromatic rings. The third-order valence-corrected chi connectivity index (χ3v) is 9.19. The normalized spacial score (nSPS) is 26.3. The highest BCUT2D eigenvalue weighted by molar-refractivity contribution is 8.01. The fourth-order valence-corrected chi connectivity index (χ4v) is 8.14. The summed E-state index contributed by atoms with van der Waals surface area (Å²) in [4.78, 5) is 1.24. The van der Waals surface area contributed by atoms with E-state index < -0.39 is 15.9 Å². The Bertz CT molecular complexity index is 842. The van der Waals surface area contributed by atoms with Crippen LogP contribution in [0.15, 0.2) is 22.7 Å². The van der Waals surface area contributed by atoms with Crippen LogP contribution in [0.1, 0.15) is 48.8 Å². The molecule has 142 valence electrons. The highest BCUT2D eigenvalue weighted by Gasteiger charge is 2.38. The van der Waals surface area contributed by atoms with Crippen molar-refractivity contribution in [1.82, 2.24) is 14.8 Å². The molecule has 4 rings (SSSR count). The first kappa shape index (κ1) is 18.5. The number of sulfone groups is 1. The van der Waals surface area contributed by atoms with Crippen molar-refractivity contribution in [2.45, 2.75) is 61.1 Å². The summed E-state index contributed by atoms with van der Waals surface area (Å²) in [5.74, 6) is 0.804. The van der Waals surface area contributed by atoms with Crippen LogP contribution >= 0.6 is 23.1 Å². The third-order valence-electron chi connectivity index (χ3n) is 5.12. The number of thioether (sulfide) groups is 1. The Labute approximate surface area is 162 Å². The molecule has 2 fully saturated rings. The predicted molar refractivity (Wildman–Crippen MR) is 104 cm³/mol. The second-order valence-electron chi connectivity index (χ2n) is 7.12. The van der Waals surface area contributed by atoms with Gasteiger partial charge in [0.15, 0.2) is 15.0 Å². The van der Waals surface area contributed by atoms with Gasteiger partial charge in [-0.2, -0.15) is 0 Å². The number of nitrogens with zero attached hydrogens (tertiary/aromatic N) is 3. The Morgan fingerprint density at radius 1 is 1.23 bits per heavy atom. The summed E-state index contributed by atoms with van der Waals surface area (Å²) in [6.07, 6.45) is 5.79. The lowest BCUT2D eigenvalue weighted by Crippen LogP contribution is -2.22. The molecule has 2 aromatic heterocycles. The van der Waals surface area contributed by atoms with Crippen LogP contribution in [0.5, 0.6) is 0 Å². The van der Waals surface area contributed by atoms with Gasteiger partial charge in [-0.15, -0.1) is 21.5 Å². The molecule has 6 nitrogen and oxygen atoms in total. The maximum absolute atomic E-state index is 11.8. The van der Waals surface area contributed by atoms with Gasteiger partial charge in [-0.1, -0.05) is 37.1 Å². The molecule has 1 aliphatic heterocycles. The van der Waals surface area contributed by atoms with E-state index in [1.807, 2.05) is 6.07 Å². The largest absolute Gasteiger partial charge is 0.391 e. The van der Waals surface area contributed by atoms with Crippen LogP contribution in [0.2, 0.25) is 0 Å². The minimum absolute atomic E-state index is 0.0105. The number of thiophene rings is 1. The second-order valence-corrected chi connectivity index (χ2v) is 11.5. The summed E-state index contributed by atoms with van der Waals surface area (Å²) >= 11 is 3.09. The van der Waals surface area contributed by atoms with E-state index in [-0.39, 0.29) is 16.8 Å². The van der Waals surface area contributed by atoms with Crippen molar-refractivity contribution in [3.8, 4) is 0 Å². The van der Waals surface area contributed by atoms with Crippen LogP contribution < -0.4 is 0 Å². The van der Waals surface area contributed by atoms with E-state index in [2.05, 4.69) is 26.2 Å². The SMILES string of the molecule is O=S1(=O)C[C@H](O)[C@H](Sc2nnc(Cc3cccs3)n2C2CCCCC2)C1. The van der Waals surface area contributed by atoms with Crippen molar-refractivity contribution in [3.05, 3.63) is 28.2 Å². The molecule has 3 heterocycles. The number of hydrogen-bond donors (Lipinski definition) is 1. The van der Waals surface area contributed by atoms with Gasteiger partial charge < -0.3 is 9.67 Å². The number of aliphatic hydroxyl groups excluding tert-OH is 1. The Morgan fingerprint density at radius 2 is 2.04 bits per heavy atom. The van der Waals surface area contributed by atoms with E-state index in [1.54, 1.807) is 11.3 Å². The number of rotatable bonds is 5. The van der Waals surface area contributed by atoms with Gasteiger partial charge in [-0.3, -0.25) is 0 Å². The average Bonchev–Trinajstić information content (AvgIpc) is 3.30. The first-order valence-corrected chi connectivity index (χ1v) is 12.6. The average molecular weight is 414 g/mol. The van der Waals surface area contributed by atoms with Gasteiger partial charge in [0.2, 0.25) is 0 Å². The summed E-state index contributed by atoms with van der Waals surface area (Å²) in [5, 5.41) is 21.4. The van der Waals surface area contributed by atoms with Crippen molar-refractivity contribution >= 4 is 32.9 Å². The quantitative estimate of drug-likeness (QED) is 0.811. The van der Waals surface area contributed by atoms with Crippen LogP contribution in [-0.2, 0) is 16.3 Å². The molecular formula is C17H23N3O3S3. The van der Waals surface area contributed by atoms with Crippen molar-refractivity contribution in [1.29, 1.82) is 0 Å². The minimum atomic E-state index is -3.16. The third kappa shape index (κ3) is 4.00. The zero-order valence-corrected chi connectivity index (χ0v) is 16.9. The molecule has 1 N–H and O–H groups in total. The van der Waals surface area contributed by atoms with Gasteiger partial charge in [0.1, 0.15) is 5.82 Å². The van der Waals surface area contributed by atoms with Gasteiger partial charge in [0.25, 0.3) is 0 Å². The molecule has 0 radical (unpaired) electrons. The molecule has 0 amide bonds. The molecule has 0 spiro atoms. The first-order valence-electron chi connectivity index (χ1n) is 9.03. The minimum Gasteiger partial charge on any atom is -0.391 e. The molecule has 1 aliphatic carbocycles. The number of hydrogen-bond acceptors (Lipinski definition) is 7. The standard InChI is InChI=1S/C17H23N3O3S3/c21-14-10-26(22,23)11-15(14)25-17-19-18-16(9-13-7-4-8-24-13)20(17)12-5-2-1-3-6-12/h4,7-8,12,14-15,21H,1-3,5-6,9-11H2/t14-,15+/m0/s1. The van der Waals surface area contributed by atoms with Crippen molar-refractivity contribution in [3.63, 3.8) is 0 Å². The highest BCUT2D eigenvalue weighted by atomic mass is 32.2. The van der Waals surface area contributed by atoms with Crippen LogP contribution in [0, 0.1) is 0 Å². The Balaban J connectivity index is 1.62. The van der Waals surface area contributed by atoms with Crippen molar-refractivity contribution < 1.29 is 13.5 Å². The molecule has 2 aliphatic rings. The van der Waals surface area contributed by atoms with Crippen LogP contribution in [0.3, 0.4) is 0 Å². The van der Waals surface area contributed by atoms with Gasteiger partial charge in [-0.25, -0.2) is 8.42 Å². The zero-order valence-electron chi connectivity index (χ0n) is 14.5. The molecule has 0 unspecified atom stereocenters. The van der Waals surface area contributed by atoms with Crippen molar-refractivity contribution in [2.24, 2.45) is 0 Å². The molecule has 0 aromatic carbocycles. The Morgan fingerprint density at radius 3 is 2.69 bits per heavy atom. The van der Waals surface area contributed by atoms with E-state index in [4.69, 9.17) is 0 Å². The fraction of sp³-hybridized carbons (Fsp3) is 0.647. The van der Waals surface area contributed by atoms with E-state index in [9.17, 15) is 13.5 Å². The number of aliphatic hydroxyl groups is 1. The second kappa shape index (κ2) is 7.61. The van der Waals surface area contributed by atoms with Crippen LogP contribution in [0.4, 0.5) is 0 Å². The number of aromatic nitrogens is 3. The van der Waals surface area contributed by atoms with Gasteiger partial charge in [0.05, 0.1) is 22.9 Å². The maximum atomic E-state index is 11.8. The summed E-state index contributed by atoms with van der Waals surface area (Å²) in [6, 6.07) is 4.51. The molecule has 26 heavy (non-hydrogen) atoms. The lowest BCUT2D eigenvalue weighted by molar-refractivity contribution is 0.207. The summed E-state index contributed by atoms with van der Waals surface area (Å²) in [6.45, 7) is 0. The van der Waals surface area contributed by atoms with E-state index in [1.165, 1.54) is 35.9 Å². The lowest BCUT2D eigenvalue weighted by atomic mass is 9.95. The predicted octanol–water partition coefficient (Wildman–Crippen LogP) is 2.69. The molecule has 9 heteroatoms. The highest BCUT2D eigenvalue weighted by Crippen LogP contribution is 2.36. The molecule has 1 saturated carbocycles. The Kier molecular flexibility index (Phi) is 5.41. The molecule has 1 saturated heterocycles. The fourth-order valence-electron chi connectivity index (χ4n) is 3.83. The topological polar surface area (TPSA) is 85.1 Å². The van der Waals surface area contributed by atoms with E-state index in [0.717, 1.165) is 30.2 Å². The van der Waals surface area contributed by atoms with E-state index in [0.29, 0.717) is 6.04 Å². The first-order chi connectivity index (χ1) is 12.5. The molecule has 0 bridgehead atoms. The molecule has 2 atom stereocenters. The smallest absolute Gasteiger partial charge is 0.191 e. The zero-order chi connectivity index (χ0) is 18.1. The summed E-state index contributed by atoms with van der Waals surface area (Å²) in [5.41, 5.74) is 0. The van der Waals surface area contributed by atoms with E-state index >= 15 is 0 Å². The lowest BCUT2D eigenvalue weighted by Gasteiger charge is -2.26.